The van der Waals surface area contributed by atoms with E-state index in [1.807, 2.05) is 52.8 Å². The van der Waals surface area contributed by atoms with E-state index in [0.717, 1.165) is 6.42 Å². The number of allylic oxidation sites excluding steroid dienone is 5. The predicted molar refractivity (Wildman–Crippen MR) is 298 cm³/mol. The zero-order chi connectivity index (χ0) is 58.0. The smallest absolute Gasteiger partial charge is 0.323 e. The third-order valence-electron chi connectivity index (χ3n) is 16.5. The van der Waals surface area contributed by atoms with Crippen molar-refractivity contribution in [2.24, 2.45) is 53.1 Å². The average Bonchev–Trinajstić information content (AvgIpc) is 3.40. The second-order valence-corrected chi connectivity index (χ2v) is 22.9. The number of Topliss-reactive ketones (excluding diaryl/α,β-unsaturated/α-hetero) is 1. The summed E-state index contributed by atoms with van der Waals surface area (Å²) >= 11 is 0. The van der Waals surface area contributed by atoms with Crippen molar-refractivity contribution < 1.29 is 63.8 Å². The fourth-order valence-corrected chi connectivity index (χ4v) is 10.8. The number of carbonyl (C=O) groups is 6. The number of aliphatic hydroxyl groups is 4. The molecule has 3 aliphatic rings. The number of phenolic OH excluding ortho intramolecular Hbond substituents is 1. The second-order valence-electron chi connectivity index (χ2n) is 22.9. The van der Waals surface area contributed by atoms with E-state index in [1.165, 1.54) is 25.1 Å². The second kappa shape index (κ2) is 30.9. The number of nitrogens with one attached hydrogen (secondary N) is 4. The molecule has 17 atom stereocenters. The van der Waals surface area contributed by atoms with E-state index in [1.54, 1.807) is 51.1 Å². The number of esters is 1. The number of benzene rings is 1. The van der Waals surface area contributed by atoms with E-state index in [9.17, 15) is 54.3 Å². The van der Waals surface area contributed by atoms with Crippen molar-refractivity contribution in [1.82, 2.24) is 21.3 Å². The highest BCUT2D eigenvalue weighted by atomic mass is 16.5. The highest BCUT2D eigenvalue weighted by Crippen LogP contribution is 2.46. The van der Waals surface area contributed by atoms with Crippen LogP contribution in [0.3, 0.4) is 0 Å². The summed E-state index contributed by atoms with van der Waals surface area (Å²) in [6.45, 7) is 18.1. The van der Waals surface area contributed by atoms with Crippen molar-refractivity contribution in [3.63, 3.8) is 0 Å². The Morgan fingerprint density at radius 3 is 2.32 bits per heavy atom. The predicted octanol–water partition coefficient (Wildman–Crippen LogP) is 5.14. The van der Waals surface area contributed by atoms with Crippen LogP contribution in [0.25, 0.3) is 0 Å². The maximum atomic E-state index is 14.0. The highest BCUT2D eigenvalue weighted by molar-refractivity contribution is 5.93. The standard InChI is InChI=1S/C60H93N5O13/c1-11-43-30-37(6)60(65-55(43)72)41(10)53(70)40(9)51(78-60)33-49(69)35(4)20-14-12-15-21-36(5)50-26-17-13-16-25-48(68)39(8)54(71)45(28-27-38(7)66)56(73)64-52(34(2)3)58(75)63-47(32-42-22-18-23-44(67)31-42)57(74)62-29-19-24-46(61)59(76)77-50/h12-13,15-18,21-23,25,31,34-35,37,39-41,43,45-54,67-71H,11,14,19-20,24,26-30,32-33,61H2,1-10H3,(H,62,74)(H,63,75)(H,64,73)(H,65,72)/t35-,37-,39-,40-,41-,43-,45+,46-,47-,48-,49-,50-,51-,52-,53-,54+,60+/m0/s1. The number of phenols is 1. The van der Waals surface area contributed by atoms with E-state index >= 15 is 0 Å². The van der Waals surface area contributed by atoms with E-state index in [2.05, 4.69) is 28.2 Å². The number of aromatic hydroxyl groups is 1. The van der Waals surface area contributed by atoms with E-state index in [-0.39, 0.29) is 92.1 Å². The van der Waals surface area contributed by atoms with Crippen LogP contribution >= 0.6 is 0 Å². The van der Waals surface area contributed by atoms with Crippen LogP contribution in [-0.4, -0.2) is 128 Å². The molecule has 2 saturated heterocycles. The maximum absolute atomic E-state index is 14.0. The molecule has 1 spiro atoms. The Bertz CT molecular complexity index is 2280. The van der Waals surface area contributed by atoms with Gasteiger partial charge in [-0.15, -0.1) is 0 Å². The molecular weight excluding hydrogens is 999 g/mol. The number of carbonyl (C=O) groups excluding carboxylic acids is 6. The topological polar surface area (TPSA) is 296 Å². The lowest BCUT2D eigenvalue weighted by atomic mass is 9.69. The van der Waals surface area contributed by atoms with Gasteiger partial charge < -0.3 is 66.8 Å². The molecule has 1 aromatic carbocycles. The Hall–Kier alpha value is -5.24. The summed E-state index contributed by atoms with van der Waals surface area (Å²) in [7, 11) is 0. The first-order valence-electron chi connectivity index (χ1n) is 28.3. The van der Waals surface area contributed by atoms with Gasteiger partial charge >= 0.3 is 5.97 Å². The van der Waals surface area contributed by atoms with E-state index in [0.29, 0.717) is 36.8 Å². The summed E-state index contributed by atoms with van der Waals surface area (Å²) in [6.07, 6.45) is 10.2. The lowest BCUT2D eigenvalue weighted by Gasteiger charge is -2.56. The number of cyclic esters (lactones) is 1. The molecule has 1 aromatic rings. The van der Waals surface area contributed by atoms with Gasteiger partial charge in [0.2, 0.25) is 23.6 Å². The van der Waals surface area contributed by atoms with Gasteiger partial charge in [0.25, 0.3) is 0 Å². The van der Waals surface area contributed by atoms with Gasteiger partial charge in [-0.05, 0) is 93.9 Å². The fourth-order valence-electron chi connectivity index (χ4n) is 10.8. The molecule has 11 N–H and O–H groups in total. The number of ether oxygens (including phenoxy) is 2. The van der Waals surface area contributed by atoms with Crippen molar-refractivity contribution >= 4 is 35.4 Å². The van der Waals surface area contributed by atoms with E-state index < -0.39 is 102 Å². The third kappa shape index (κ3) is 18.4. The number of amides is 4. The summed E-state index contributed by atoms with van der Waals surface area (Å²) in [4.78, 5) is 80.6. The summed E-state index contributed by atoms with van der Waals surface area (Å²) in [5.74, 6) is -6.37. The molecule has 0 bridgehead atoms. The fraction of sp³-hybridized carbons (Fsp3) is 0.667. The van der Waals surface area contributed by atoms with E-state index in [4.69, 9.17) is 15.2 Å². The summed E-state index contributed by atoms with van der Waals surface area (Å²) in [5.41, 5.74) is 6.60. The summed E-state index contributed by atoms with van der Waals surface area (Å²) < 4.78 is 12.7. The lowest BCUT2D eigenvalue weighted by Crippen LogP contribution is -2.71. The van der Waals surface area contributed by atoms with Gasteiger partial charge in [-0.25, -0.2) is 0 Å². The Balaban J connectivity index is 1.51. The van der Waals surface area contributed by atoms with Crippen LogP contribution in [0.1, 0.15) is 139 Å². The summed E-state index contributed by atoms with van der Waals surface area (Å²) in [5, 5.41) is 67.3. The molecule has 18 nitrogen and oxygen atoms in total. The van der Waals surface area contributed by atoms with Crippen LogP contribution in [-0.2, 0) is 44.7 Å². The minimum absolute atomic E-state index is 0.0233. The Kier molecular flexibility index (Phi) is 25.9. The molecular formula is C60H93N5O13. The molecule has 3 heterocycles. The van der Waals surface area contributed by atoms with Crippen LogP contribution in [0.5, 0.6) is 5.75 Å². The molecule has 0 radical (unpaired) electrons. The molecule has 78 heavy (non-hydrogen) atoms. The van der Waals surface area contributed by atoms with Crippen LogP contribution in [0.15, 0.2) is 72.4 Å². The van der Waals surface area contributed by atoms with Gasteiger partial charge in [0.1, 0.15) is 41.5 Å². The summed E-state index contributed by atoms with van der Waals surface area (Å²) in [6, 6.07) is 2.85. The minimum Gasteiger partial charge on any atom is -0.508 e. The van der Waals surface area contributed by atoms with Crippen molar-refractivity contribution in [1.29, 1.82) is 0 Å². The Morgan fingerprint density at radius 2 is 1.65 bits per heavy atom. The van der Waals surface area contributed by atoms with Gasteiger partial charge in [0.15, 0.2) is 0 Å². The van der Waals surface area contributed by atoms with Crippen LogP contribution in [0.2, 0.25) is 0 Å². The lowest BCUT2D eigenvalue weighted by molar-refractivity contribution is -0.267. The van der Waals surface area contributed by atoms with Gasteiger partial charge in [0.05, 0.1) is 36.4 Å². The number of ketones is 1. The molecule has 18 heteroatoms. The Labute approximate surface area is 462 Å². The maximum Gasteiger partial charge on any atom is 0.323 e. The number of nitrogens with two attached hydrogens (primary N) is 1. The van der Waals surface area contributed by atoms with Gasteiger partial charge in [-0.3, -0.25) is 24.0 Å². The van der Waals surface area contributed by atoms with Gasteiger partial charge in [-0.2, -0.15) is 0 Å². The SMILES string of the molecule is CC[C@H]1C[C@H](C)[C@@]2(NC1=O)O[C@@H](C[C@H](O)[C@@H](C)CCC=CC=C(C)[C@@H]1CC=CC=C[C@H](O)[C@H](C)[C@@H](O)[C@@H](CCC(C)=O)C(=O)N[C@@H](C(C)C)C(=O)N[C@@H](Cc3cccc(O)c3)C(=O)NCCC[C@H](N)C(=O)O1)[C@H](C)[C@H](O)[C@@H]2C. The number of rotatable bonds is 15. The molecule has 0 aromatic heterocycles. The first kappa shape index (κ1) is 65.3. The first-order valence-corrected chi connectivity index (χ1v) is 28.3. The molecule has 3 aliphatic heterocycles. The first-order chi connectivity index (χ1) is 36.8. The number of hydrogen-bond acceptors (Lipinski definition) is 14. The monoisotopic (exact) mass is 1090 g/mol. The quantitative estimate of drug-likeness (QED) is 0.0805. The zero-order valence-corrected chi connectivity index (χ0v) is 47.7. The van der Waals surface area contributed by atoms with Crippen molar-refractivity contribution in [2.45, 2.75) is 200 Å². The van der Waals surface area contributed by atoms with Crippen molar-refractivity contribution in [3.05, 3.63) is 77.9 Å². The Morgan fingerprint density at radius 1 is 0.936 bits per heavy atom. The van der Waals surface area contributed by atoms with Crippen molar-refractivity contribution in [2.75, 3.05) is 6.54 Å². The largest absolute Gasteiger partial charge is 0.508 e. The van der Waals surface area contributed by atoms with Gasteiger partial charge in [0, 0.05) is 61.8 Å². The average molecular weight is 1090 g/mol. The molecule has 2 fully saturated rings. The highest BCUT2D eigenvalue weighted by Gasteiger charge is 2.57. The molecule has 4 rings (SSSR count). The molecule has 0 aliphatic carbocycles. The molecule has 436 valence electrons. The molecule has 0 saturated carbocycles. The molecule has 0 unspecified atom stereocenters. The number of hydrogen-bond donors (Lipinski definition) is 10. The normalized spacial score (nSPS) is 33.6. The minimum atomic E-state index is -1.45. The van der Waals surface area contributed by atoms with Crippen LogP contribution in [0, 0.1) is 47.3 Å². The number of piperidine rings is 1. The van der Waals surface area contributed by atoms with Crippen LogP contribution in [0.4, 0.5) is 0 Å². The third-order valence-corrected chi connectivity index (χ3v) is 16.5. The van der Waals surface area contributed by atoms with Gasteiger partial charge in [-0.1, -0.05) is 110 Å². The number of aliphatic hydroxyl groups excluding tert-OH is 4. The zero-order valence-electron chi connectivity index (χ0n) is 47.7. The van der Waals surface area contributed by atoms with Crippen LogP contribution < -0.4 is 27.0 Å². The van der Waals surface area contributed by atoms with Crippen molar-refractivity contribution in [3.8, 4) is 5.75 Å². The molecule has 4 amide bonds.